The molecular weight excluding hydrogens is 404 g/mol. The Hall–Kier alpha value is -3.46. The molecule has 1 aliphatic heterocycles. The van der Waals surface area contributed by atoms with Crippen LogP contribution in [0, 0.1) is 0 Å². The topological polar surface area (TPSA) is 105 Å². The zero-order valence-corrected chi connectivity index (χ0v) is 16.9. The average Bonchev–Trinajstić information content (AvgIpc) is 3.51. The molecule has 1 aliphatic rings. The van der Waals surface area contributed by atoms with E-state index in [1.807, 2.05) is 4.90 Å². The first-order valence-corrected chi connectivity index (χ1v) is 10.4. The van der Waals surface area contributed by atoms with E-state index < -0.39 is 5.91 Å². The highest BCUT2D eigenvalue weighted by Crippen LogP contribution is 2.19. The number of likely N-dealkylation sites (tertiary alicyclic amines) is 1. The third kappa shape index (κ3) is 4.74. The minimum atomic E-state index is -0.395. The maximum absolute atomic E-state index is 12.4. The van der Waals surface area contributed by atoms with Gasteiger partial charge in [-0.15, -0.1) is 11.3 Å². The number of nitrogens with zero attached hydrogens (tertiary/aromatic N) is 2. The van der Waals surface area contributed by atoms with E-state index in [1.54, 1.807) is 41.8 Å². The van der Waals surface area contributed by atoms with Crippen LogP contribution in [0.3, 0.4) is 0 Å². The van der Waals surface area contributed by atoms with E-state index in [4.69, 9.17) is 4.42 Å². The van der Waals surface area contributed by atoms with Gasteiger partial charge in [-0.1, -0.05) is 0 Å². The highest BCUT2D eigenvalue weighted by Gasteiger charge is 2.19. The number of hydrogen-bond acceptors (Lipinski definition) is 6. The van der Waals surface area contributed by atoms with Gasteiger partial charge in [-0.3, -0.25) is 19.7 Å². The Labute approximate surface area is 176 Å². The highest BCUT2D eigenvalue weighted by atomic mass is 32.1. The Morgan fingerprint density at radius 3 is 2.53 bits per heavy atom. The molecule has 2 N–H and O–H groups in total. The van der Waals surface area contributed by atoms with Gasteiger partial charge in [-0.25, -0.2) is 4.98 Å². The number of furan rings is 1. The van der Waals surface area contributed by atoms with Gasteiger partial charge >= 0.3 is 0 Å². The smallest absolute Gasteiger partial charge is 0.293 e. The predicted molar refractivity (Wildman–Crippen MR) is 113 cm³/mol. The zero-order valence-electron chi connectivity index (χ0n) is 16.1. The molecule has 154 valence electrons. The van der Waals surface area contributed by atoms with Gasteiger partial charge in [0.25, 0.3) is 11.8 Å². The fourth-order valence-corrected chi connectivity index (χ4v) is 3.89. The fraction of sp³-hybridized carbons (Fsp3) is 0.238. The van der Waals surface area contributed by atoms with Crippen molar-refractivity contribution in [3.63, 3.8) is 0 Å². The molecule has 1 saturated heterocycles. The van der Waals surface area contributed by atoms with Crippen molar-refractivity contribution in [2.75, 3.05) is 23.7 Å². The van der Waals surface area contributed by atoms with Crippen LogP contribution in [0.1, 0.15) is 39.4 Å². The molecule has 2 aromatic heterocycles. The monoisotopic (exact) mass is 424 g/mol. The maximum atomic E-state index is 12.4. The summed E-state index contributed by atoms with van der Waals surface area (Å²) in [6.07, 6.45) is 3.58. The molecule has 0 bridgehead atoms. The van der Waals surface area contributed by atoms with E-state index in [2.05, 4.69) is 15.6 Å². The van der Waals surface area contributed by atoms with Gasteiger partial charge < -0.3 is 14.6 Å². The summed E-state index contributed by atoms with van der Waals surface area (Å²) in [5.41, 5.74) is 1.78. The van der Waals surface area contributed by atoms with Gasteiger partial charge in [0.1, 0.15) is 0 Å². The Morgan fingerprint density at radius 2 is 1.83 bits per heavy atom. The number of thiazole rings is 1. The SMILES string of the molecule is O=C(Cc1csc(NC(=O)c2ccco2)n1)Nc1ccc(C(=O)N2CCCC2)cc1. The molecule has 4 rings (SSSR count). The summed E-state index contributed by atoms with van der Waals surface area (Å²) < 4.78 is 5.03. The van der Waals surface area contributed by atoms with Crippen molar-refractivity contribution in [2.45, 2.75) is 19.3 Å². The van der Waals surface area contributed by atoms with Gasteiger partial charge in [-0.2, -0.15) is 0 Å². The highest BCUT2D eigenvalue weighted by molar-refractivity contribution is 7.14. The Kier molecular flexibility index (Phi) is 5.89. The van der Waals surface area contributed by atoms with Gasteiger partial charge in [0.05, 0.1) is 18.4 Å². The number of anilines is 2. The van der Waals surface area contributed by atoms with Crippen molar-refractivity contribution in [1.82, 2.24) is 9.88 Å². The number of hydrogen-bond donors (Lipinski definition) is 2. The standard InChI is InChI=1S/C21H20N4O4S/c26-18(12-16-13-30-21(23-16)24-19(27)17-4-3-11-29-17)22-15-7-5-14(6-8-15)20(28)25-9-1-2-10-25/h3-8,11,13H,1-2,9-10,12H2,(H,22,26)(H,23,24,27). The third-order valence-electron chi connectivity index (χ3n) is 4.67. The summed E-state index contributed by atoms with van der Waals surface area (Å²) in [7, 11) is 0. The number of carbonyl (C=O) groups excluding carboxylic acids is 3. The minimum Gasteiger partial charge on any atom is -0.459 e. The van der Waals surface area contributed by atoms with E-state index in [0.717, 1.165) is 25.9 Å². The van der Waals surface area contributed by atoms with Crippen LogP contribution in [-0.4, -0.2) is 40.7 Å². The van der Waals surface area contributed by atoms with Gasteiger partial charge in [0.15, 0.2) is 10.9 Å². The second kappa shape index (κ2) is 8.91. The summed E-state index contributed by atoms with van der Waals surface area (Å²) in [6.45, 7) is 1.60. The van der Waals surface area contributed by atoms with Crippen molar-refractivity contribution in [3.8, 4) is 0 Å². The van der Waals surface area contributed by atoms with E-state index in [-0.39, 0.29) is 24.0 Å². The lowest BCUT2D eigenvalue weighted by Gasteiger charge is -2.15. The van der Waals surface area contributed by atoms with Crippen LogP contribution in [-0.2, 0) is 11.2 Å². The molecule has 3 aromatic rings. The molecule has 3 heterocycles. The predicted octanol–water partition coefficient (Wildman–Crippen LogP) is 3.41. The summed E-state index contributed by atoms with van der Waals surface area (Å²) in [5.74, 6) is -0.412. The van der Waals surface area contributed by atoms with Crippen LogP contribution in [0.2, 0.25) is 0 Å². The van der Waals surface area contributed by atoms with Crippen molar-refractivity contribution in [3.05, 3.63) is 65.1 Å². The first kappa shape index (κ1) is 19.8. The molecule has 0 atom stereocenters. The molecule has 0 radical (unpaired) electrons. The van der Waals surface area contributed by atoms with Crippen LogP contribution in [0.5, 0.6) is 0 Å². The van der Waals surface area contributed by atoms with Crippen LogP contribution >= 0.6 is 11.3 Å². The van der Waals surface area contributed by atoms with E-state index in [9.17, 15) is 14.4 Å². The molecule has 9 heteroatoms. The molecular formula is C21H20N4O4S. The van der Waals surface area contributed by atoms with Crippen LogP contribution in [0.4, 0.5) is 10.8 Å². The van der Waals surface area contributed by atoms with E-state index in [1.165, 1.54) is 17.6 Å². The fourth-order valence-electron chi connectivity index (χ4n) is 3.18. The minimum absolute atomic E-state index is 0.0250. The molecule has 0 unspecified atom stereocenters. The number of aromatic nitrogens is 1. The molecule has 8 nitrogen and oxygen atoms in total. The molecule has 30 heavy (non-hydrogen) atoms. The first-order chi connectivity index (χ1) is 14.6. The van der Waals surface area contributed by atoms with Crippen molar-refractivity contribution in [1.29, 1.82) is 0 Å². The molecule has 1 fully saturated rings. The van der Waals surface area contributed by atoms with Crippen LogP contribution < -0.4 is 10.6 Å². The summed E-state index contributed by atoms with van der Waals surface area (Å²) >= 11 is 1.23. The second-order valence-corrected chi connectivity index (χ2v) is 7.74. The van der Waals surface area contributed by atoms with E-state index >= 15 is 0 Å². The van der Waals surface area contributed by atoms with Crippen molar-refractivity contribution in [2.24, 2.45) is 0 Å². The van der Waals surface area contributed by atoms with Crippen LogP contribution in [0.15, 0.2) is 52.5 Å². The molecule has 0 aliphatic carbocycles. The van der Waals surface area contributed by atoms with Gasteiger partial charge in [0.2, 0.25) is 5.91 Å². The normalized spacial score (nSPS) is 13.3. The van der Waals surface area contributed by atoms with E-state index in [0.29, 0.717) is 22.1 Å². The number of carbonyl (C=O) groups is 3. The lowest BCUT2D eigenvalue weighted by Crippen LogP contribution is -2.27. The molecule has 0 spiro atoms. The summed E-state index contributed by atoms with van der Waals surface area (Å²) in [4.78, 5) is 42.7. The van der Waals surface area contributed by atoms with Crippen LogP contribution in [0.25, 0.3) is 0 Å². The summed E-state index contributed by atoms with van der Waals surface area (Å²) in [6, 6.07) is 10.1. The quantitative estimate of drug-likeness (QED) is 0.631. The molecule has 0 saturated carbocycles. The Balaban J connectivity index is 1.30. The van der Waals surface area contributed by atoms with Crippen molar-refractivity contribution < 1.29 is 18.8 Å². The Morgan fingerprint density at radius 1 is 1.07 bits per heavy atom. The van der Waals surface area contributed by atoms with Crippen molar-refractivity contribution >= 4 is 39.9 Å². The number of benzene rings is 1. The molecule has 1 aromatic carbocycles. The lowest BCUT2D eigenvalue weighted by molar-refractivity contribution is -0.115. The first-order valence-electron chi connectivity index (χ1n) is 9.57. The summed E-state index contributed by atoms with van der Waals surface area (Å²) in [5, 5.41) is 7.54. The van der Waals surface area contributed by atoms with Gasteiger partial charge in [0, 0.05) is 29.7 Å². The lowest BCUT2D eigenvalue weighted by atomic mass is 10.2. The number of amides is 3. The number of rotatable bonds is 6. The molecule has 3 amide bonds. The third-order valence-corrected chi connectivity index (χ3v) is 5.47. The zero-order chi connectivity index (χ0) is 20.9. The maximum Gasteiger partial charge on any atom is 0.293 e. The Bertz CT molecular complexity index is 1040. The number of nitrogens with one attached hydrogen (secondary N) is 2. The average molecular weight is 424 g/mol. The van der Waals surface area contributed by atoms with Gasteiger partial charge in [-0.05, 0) is 49.2 Å². The second-order valence-electron chi connectivity index (χ2n) is 6.88. The largest absolute Gasteiger partial charge is 0.459 e.